The molecule has 0 aromatic heterocycles. The van der Waals surface area contributed by atoms with Crippen LogP contribution in [-0.2, 0) is 11.2 Å². The number of carboxylic acids is 1. The number of urea groups is 1. The van der Waals surface area contributed by atoms with Crippen LogP contribution in [0.5, 0.6) is 0 Å². The maximum atomic E-state index is 11.9. The number of nitrogens with zero attached hydrogens (tertiary/aromatic N) is 1. The highest BCUT2D eigenvalue weighted by molar-refractivity contribution is 5.89. The monoisotopic (exact) mass is 276 g/mol. The number of hydrogen-bond acceptors (Lipinski definition) is 2. The molecule has 5 heteroatoms. The van der Waals surface area contributed by atoms with E-state index >= 15 is 0 Å². The Bertz CT molecular complexity index is 512. The Balaban J connectivity index is 2.63. The lowest BCUT2D eigenvalue weighted by Crippen LogP contribution is -2.32. The quantitative estimate of drug-likeness (QED) is 0.785. The van der Waals surface area contributed by atoms with Crippen LogP contribution in [0, 0.1) is 0 Å². The summed E-state index contributed by atoms with van der Waals surface area (Å²) in [6.07, 6.45) is 0.521. The van der Waals surface area contributed by atoms with E-state index in [1.165, 1.54) is 4.90 Å². The van der Waals surface area contributed by atoms with Crippen LogP contribution in [0.2, 0.25) is 0 Å². The molecule has 0 saturated heterocycles. The number of aryl methyl sites for hydroxylation is 1. The molecule has 1 aromatic rings. The van der Waals surface area contributed by atoms with Gasteiger partial charge in [0.15, 0.2) is 0 Å². The normalized spacial score (nSPS) is 9.90. The smallest absolute Gasteiger partial charge is 0.321 e. The van der Waals surface area contributed by atoms with Crippen molar-refractivity contribution in [1.82, 2.24) is 4.90 Å². The number of aliphatic carboxylic acids is 1. The Morgan fingerprint density at radius 2 is 2.10 bits per heavy atom. The van der Waals surface area contributed by atoms with Gasteiger partial charge in [0, 0.05) is 25.7 Å². The van der Waals surface area contributed by atoms with Gasteiger partial charge < -0.3 is 15.3 Å². The highest BCUT2D eigenvalue weighted by Crippen LogP contribution is 2.13. The molecule has 0 aliphatic heterocycles. The summed E-state index contributed by atoms with van der Waals surface area (Å²) in [5.74, 6) is -0.833. The third kappa shape index (κ3) is 5.56. The van der Waals surface area contributed by atoms with Crippen molar-refractivity contribution in [1.29, 1.82) is 0 Å². The predicted octanol–water partition coefficient (Wildman–Crippen LogP) is 2.74. The molecule has 5 nitrogen and oxygen atoms in total. The SMILES string of the molecule is C=C(C)CN(C)C(=O)Nc1cccc(CCC(=O)O)c1. The van der Waals surface area contributed by atoms with Crippen molar-refractivity contribution < 1.29 is 14.7 Å². The summed E-state index contributed by atoms with van der Waals surface area (Å²) in [6, 6.07) is 6.98. The van der Waals surface area contributed by atoms with E-state index in [0.717, 1.165) is 11.1 Å². The molecule has 20 heavy (non-hydrogen) atoms. The molecule has 2 amide bonds. The van der Waals surface area contributed by atoms with Crippen LogP contribution >= 0.6 is 0 Å². The molecule has 0 aliphatic carbocycles. The number of carboxylic acid groups (broad SMARTS) is 1. The summed E-state index contributed by atoms with van der Waals surface area (Å²) in [4.78, 5) is 24.0. The summed E-state index contributed by atoms with van der Waals surface area (Å²) in [7, 11) is 1.69. The summed E-state index contributed by atoms with van der Waals surface area (Å²) in [5.41, 5.74) is 2.44. The number of carbonyl (C=O) groups is 2. The van der Waals surface area contributed by atoms with Gasteiger partial charge in [-0.3, -0.25) is 4.79 Å². The zero-order valence-electron chi connectivity index (χ0n) is 11.8. The Labute approximate surface area is 118 Å². The van der Waals surface area contributed by atoms with Crippen molar-refractivity contribution in [3.05, 3.63) is 42.0 Å². The highest BCUT2D eigenvalue weighted by atomic mass is 16.4. The number of anilines is 1. The minimum Gasteiger partial charge on any atom is -0.481 e. The fourth-order valence-electron chi connectivity index (χ4n) is 1.75. The van der Waals surface area contributed by atoms with Crippen LogP contribution in [0.4, 0.5) is 10.5 Å². The first-order chi connectivity index (χ1) is 9.38. The molecule has 0 bridgehead atoms. The molecule has 0 radical (unpaired) electrons. The molecule has 108 valence electrons. The van der Waals surface area contributed by atoms with Gasteiger partial charge in [0.05, 0.1) is 0 Å². The molecule has 0 aliphatic rings. The molecule has 2 N–H and O–H groups in total. The van der Waals surface area contributed by atoms with E-state index in [-0.39, 0.29) is 12.5 Å². The topological polar surface area (TPSA) is 69.6 Å². The van der Waals surface area contributed by atoms with Crippen LogP contribution in [-0.4, -0.2) is 35.6 Å². The number of amides is 2. The van der Waals surface area contributed by atoms with Gasteiger partial charge in [0.1, 0.15) is 0 Å². The van der Waals surface area contributed by atoms with Gasteiger partial charge in [-0.05, 0) is 31.0 Å². The standard InChI is InChI=1S/C15H20N2O3/c1-11(2)10-17(3)15(20)16-13-6-4-5-12(9-13)7-8-14(18)19/h4-6,9H,1,7-8,10H2,2-3H3,(H,16,20)(H,18,19). The Hall–Kier alpha value is -2.30. The van der Waals surface area contributed by atoms with E-state index in [1.807, 2.05) is 13.0 Å². The number of benzene rings is 1. The number of hydrogen-bond donors (Lipinski definition) is 2. The van der Waals surface area contributed by atoms with Crippen molar-refractivity contribution in [3.63, 3.8) is 0 Å². The molecular formula is C15H20N2O3. The second-order valence-corrected chi connectivity index (χ2v) is 4.84. The Kier molecular flexibility index (Phi) is 5.77. The summed E-state index contributed by atoms with van der Waals surface area (Å²) < 4.78 is 0. The maximum Gasteiger partial charge on any atom is 0.321 e. The largest absolute Gasteiger partial charge is 0.481 e. The number of rotatable bonds is 6. The van der Waals surface area contributed by atoms with Gasteiger partial charge >= 0.3 is 12.0 Å². The molecule has 0 atom stereocenters. The number of nitrogens with one attached hydrogen (secondary N) is 1. The molecule has 1 aromatic carbocycles. The van der Waals surface area contributed by atoms with Crippen molar-refractivity contribution in [3.8, 4) is 0 Å². The predicted molar refractivity (Wildman–Crippen MR) is 78.9 cm³/mol. The minimum absolute atomic E-state index is 0.0764. The van der Waals surface area contributed by atoms with Gasteiger partial charge in [-0.15, -0.1) is 0 Å². The van der Waals surface area contributed by atoms with Gasteiger partial charge in [0.25, 0.3) is 0 Å². The van der Waals surface area contributed by atoms with Gasteiger partial charge in [-0.2, -0.15) is 0 Å². The first kappa shape index (κ1) is 15.8. The number of carbonyl (C=O) groups excluding carboxylic acids is 1. The highest BCUT2D eigenvalue weighted by Gasteiger charge is 2.09. The Morgan fingerprint density at radius 1 is 1.40 bits per heavy atom. The molecule has 0 spiro atoms. The average molecular weight is 276 g/mol. The van der Waals surface area contributed by atoms with Crippen LogP contribution in [0.25, 0.3) is 0 Å². The number of likely N-dealkylation sites (N-methyl/N-ethyl adjacent to an activating group) is 1. The zero-order valence-corrected chi connectivity index (χ0v) is 11.8. The minimum atomic E-state index is -0.833. The molecular weight excluding hydrogens is 256 g/mol. The lowest BCUT2D eigenvalue weighted by atomic mass is 10.1. The van der Waals surface area contributed by atoms with E-state index in [9.17, 15) is 9.59 Å². The van der Waals surface area contributed by atoms with Crippen LogP contribution in [0.15, 0.2) is 36.4 Å². The second-order valence-electron chi connectivity index (χ2n) is 4.84. The second kappa shape index (κ2) is 7.33. The molecule has 0 fully saturated rings. The van der Waals surface area contributed by atoms with E-state index < -0.39 is 5.97 Å². The fourth-order valence-corrected chi connectivity index (χ4v) is 1.75. The summed E-state index contributed by atoms with van der Waals surface area (Å²) in [6.45, 7) is 6.11. The first-order valence-electron chi connectivity index (χ1n) is 6.35. The van der Waals surface area contributed by atoms with Crippen LogP contribution in [0.1, 0.15) is 18.9 Å². The van der Waals surface area contributed by atoms with Gasteiger partial charge in [0.2, 0.25) is 0 Å². The van der Waals surface area contributed by atoms with Gasteiger partial charge in [-0.25, -0.2) is 4.79 Å². The van der Waals surface area contributed by atoms with E-state index in [2.05, 4.69) is 11.9 Å². The third-order valence-electron chi connectivity index (χ3n) is 2.66. The van der Waals surface area contributed by atoms with Crippen molar-refractivity contribution in [2.24, 2.45) is 0 Å². The molecule has 1 rings (SSSR count). The first-order valence-corrected chi connectivity index (χ1v) is 6.35. The molecule has 0 heterocycles. The summed E-state index contributed by atoms with van der Waals surface area (Å²) in [5, 5.41) is 11.4. The maximum absolute atomic E-state index is 11.9. The lowest BCUT2D eigenvalue weighted by Gasteiger charge is -2.18. The summed E-state index contributed by atoms with van der Waals surface area (Å²) >= 11 is 0. The molecule has 0 unspecified atom stereocenters. The van der Waals surface area contributed by atoms with Crippen molar-refractivity contribution >= 4 is 17.7 Å². The van der Waals surface area contributed by atoms with E-state index in [4.69, 9.17) is 5.11 Å². The van der Waals surface area contributed by atoms with E-state index in [0.29, 0.717) is 18.7 Å². The van der Waals surface area contributed by atoms with Crippen molar-refractivity contribution in [2.45, 2.75) is 19.8 Å². The van der Waals surface area contributed by atoms with Crippen LogP contribution in [0.3, 0.4) is 0 Å². The zero-order chi connectivity index (χ0) is 15.1. The average Bonchev–Trinajstić information content (AvgIpc) is 2.36. The third-order valence-corrected chi connectivity index (χ3v) is 2.66. The van der Waals surface area contributed by atoms with Gasteiger partial charge in [-0.1, -0.05) is 24.3 Å². The lowest BCUT2D eigenvalue weighted by molar-refractivity contribution is -0.136. The fraction of sp³-hybridized carbons (Fsp3) is 0.333. The Morgan fingerprint density at radius 3 is 2.70 bits per heavy atom. The van der Waals surface area contributed by atoms with Crippen molar-refractivity contribution in [2.75, 3.05) is 18.9 Å². The van der Waals surface area contributed by atoms with Crippen LogP contribution < -0.4 is 5.32 Å². The van der Waals surface area contributed by atoms with E-state index in [1.54, 1.807) is 25.2 Å². The molecule has 0 saturated carbocycles.